The first-order valence-corrected chi connectivity index (χ1v) is 11.5. The molecule has 0 unspecified atom stereocenters. The molecule has 0 bridgehead atoms. The third kappa shape index (κ3) is 4.27. The number of carbonyl (C=O) groups excluding carboxylic acids is 1. The van der Waals surface area contributed by atoms with Crippen molar-refractivity contribution in [2.24, 2.45) is 0 Å². The summed E-state index contributed by atoms with van der Waals surface area (Å²) in [4.78, 5) is 26.8. The van der Waals surface area contributed by atoms with Crippen molar-refractivity contribution in [2.45, 2.75) is 18.5 Å². The Morgan fingerprint density at radius 1 is 1.14 bits per heavy atom. The van der Waals surface area contributed by atoms with E-state index < -0.39 is 0 Å². The van der Waals surface area contributed by atoms with E-state index >= 15 is 0 Å². The number of nitrogens with zero attached hydrogens (tertiary/aromatic N) is 3. The lowest BCUT2D eigenvalue weighted by Gasteiger charge is -2.15. The zero-order chi connectivity index (χ0) is 19.5. The summed E-state index contributed by atoms with van der Waals surface area (Å²) in [6.07, 6.45) is 0. The topological polar surface area (TPSA) is 46.1 Å². The van der Waals surface area contributed by atoms with Crippen LogP contribution in [0, 0.1) is 6.92 Å². The van der Waals surface area contributed by atoms with Crippen molar-refractivity contribution >= 4 is 50.6 Å². The van der Waals surface area contributed by atoms with Crippen LogP contribution in [0.25, 0.3) is 20.7 Å². The van der Waals surface area contributed by atoms with Crippen LogP contribution in [-0.2, 0) is 11.3 Å². The molecular formula is C21H19N3OS3. The van der Waals surface area contributed by atoms with Crippen molar-refractivity contribution in [3.8, 4) is 10.4 Å². The molecule has 0 aliphatic carbocycles. The first-order valence-electron chi connectivity index (χ1n) is 8.83. The van der Waals surface area contributed by atoms with Gasteiger partial charge in [0.05, 0.1) is 12.3 Å². The standard InChI is InChI=1S/C21H19N3OS3/c1-14-22-20(27-13-19(25)24(2)12-16-9-6-10-26-16)17-11-18(28-21(17)23-14)15-7-4-3-5-8-15/h3-11H,12-13H2,1-2H3. The Morgan fingerprint density at radius 3 is 2.71 bits per heavy atom. The van der Waals surface area contributed by atoms with Crippen molar-refractivity contribution in [3.63, 3.8) is 0 Å². The largest absolute Gasteiger partial charge is 0.340 e. The average Bonchev–Trinajstić information content (AvgIpc) is 3.36. The maximum atomic E-state index is 12.6. The van der Waals surface area contributed by atoms with Gasteiger partial charge in [0, 0.05) is 22.2 Å². The monoisotopic (exact) mass is 425 g/mol. The molecule has 28 heavy (non-hydrogen) atoms. The Hall–Kier alpha value is -2.22. The van der Waals surface area contributed by atoms with Crippen LogP contribution in [0.4, 0.5) is 0 Å². The molecule has 0 saturated heterocycles. The van der Waals surface area contributed by atoms with Crippen molar-refractivity contribution in [2.75, 3.05) is 12.8 Å². The van der Waals surface area contributed by atoms with Gasteiger partial charge >= 0.3 is 0 Å². The van der Waals surface area contributed by atoms with E-state index in [1.807, 2.05) is 43.6 Å². The third-order valence-corrected chi connectivity index (χ3v) is 7.17. The van der Waals surface area contributed by atoms with E-state index in [4.69, 9.17) is 0 Å². The van der Waals surface area contributed by atoms with Crippen molar-refractivity contribution in [1.29, 1.82) is 0 Å². The lowest BCUT2D eigenvalue weighted by molar-refractivity contribution is -0.127. The Labute approximate surface area is 176 Å². The van der Waals surface area contributed by atoms with E-state index in [1.54, 1.807) is 27.6 Å². The third-order valence-electron chi connectivity index (χ3n) is 4.26. The number of carbonyl (C=O) groups is 1. The second-order valence-electron chi connectivity index (χ2n) is 6.39. The highest BCUT2D eigenvalue weighted by molar-refractivity contribution is 8.00. The van der Waals surface area contributed by atoms with Gasteiger partial charge in [0.15, 0.2) is 0 Å². The van der Waals surface area contributed by atoms with Crippen molar-refractivity contribution in [3.05, 3.63) is 64.6 Å². The summed E-state index contributed by atoms with van der Waals surface area (Å²) in [6, 6.07) is 16.5. The SMILES string of the molecule is Cc1nc(SCC(=O)N(C)Cc2cccs2)c2cc(-c3ccccc3)sc2n1. The fourth-order valence-corrected chi connectivity index (χ4v) is 5.71. The second kappa shape index (κ2) is 8.43. The molecule has 0 atom stereocenters. The summed E-state index contributed by atoms with van der Waals surface area (Å²) in [5.41, 5.74) is 1.17. The molecule has 4 aromatic rings. The number of thiophene rings is 2. The molecule has 1 aromatic carbocycles. The lowest BCUT2D eigenvalue weighted by Crippen LogP contribution is -2.27. The van der Waals surface area contributed by atoms with E-state index in [1.165, 1.54) is 27.1 Å². The number of fused-ring (bicyclic) bond motifs is 1. The average molecular weight is 426 g/mol. The van der Waals surface area contributed by atoms with Gasteiger partial charge in [-0.1, -0.05) is 48.2 Å². The minimum atomic E-state index is 0.0985. The molecule has 7 heteroatoms. The fraction of sp³-hybridized carbons (Fsp3) is 0.190. The number of hydrogen-bond donors (Lipinski definition) is 0. The molecule has 3 heterocycles. The quantitative estimate of drug-likeness (QED) is 0.303. The van der Waals surface area contributed by atoms with Crippen LogP contribution in [0.5, 0.6) is 0 Å². The first kappa shape index (κ1) is 19.1. The van der Waals surface area contributed by atoms with Gasteiger partial charge in [-0.25, -0.2) is 9.97 Å². The van der Waals surface area contributed by atoms with Crippen molar-refractivity contribution < 1.29 is 4.79 Å². The molecule has 0 radical (unpaired) electrons. The summed E-state index contributed by atoms with van der Waals surface area (Å²) in [7, 11) is 1.85. The minimum absolute atomic E-state index is 0.0985. The van der Waals surface area contributed by atoms with E-state index in [2.05, 4.69) is 34.2 Å². The van der Waals surface area contributed by atoms with E-state index in [-0.39, 0.29) is 5.91 Å². The number of benzene rings is 1. The van der Waals surface area contributed by atoms with Crippen molar-refractivity contribution in [1.82, 2.24) is 14.9 Å². The zero-order valence-corrected chi connectivity index (χ0v) is 18.0. The van der Waals surface area contributed by atoms with Gasteiger partial charge in [0.2, 0.25) is 5.91 Å². The molecule has 142 valence electrons. The highest BCUT2D eigenvalue weighted by Gasteiger charge is 2.15. The van der Waals surface area contributed by atoms with Crippen LogP contribution in [0.2, 0.25) is 0 Å². The molecule has 3 aromatic heterocycles. The molecule has 1 amide bonds. The molecule has 0 aliphatic heterocycles. The van der Waals surface area contributed by atoms with Gasteiger partial charge in [-0.05, 0) is 30.0 Å². The molecule has 4 rings (SSSR count). The Bertz CT molecular complexity index is 1090. The summed E-state index contributed by atoms with van der Waals surface area (Å²) >= 11 is 4.82. The summed E-state index contributed by atoms with van der Waals surface area (Å²) in [6.45, 7) is 2.54. The first-order chi connectivity index (χ1) is 13.6. The Kier molecular flexibility index (Phi) is 5.75. The molecule has 0 saturated carbocycles. The van der Waals surface area contributed by atoms with Gasteiger partial charge in [0.25, 0.3) is 0 Å². The van der Waals surface area contributed by atoms with Crippen LogP contribution in [0.3, 0.4) is 0 Å². The number of aryl methyl sites for hydroxylation is 1. The predicted octanol–water partition coefficient (Wildman–Crippen LogP) is 5.48. The second-order valence-corrected chi connectivity index (χ2v) is 9.42. The molecule has 0 aliphatic rings. The predicted molar refractivity (Wildman–Crippen MR) is 119 cm³/mol. The molecular weight excluding hydrogens is 406 g/mol. The fourth-order valence-electron chi connectivity index (χ4n) is 2.82. The normalized spacial score (nSPS) is 11.1. The minimum Gasteiger partial charge on any atom is -0.340 e. The van der Waals surface area contributed by atoms with Crippen LogP contribution in [0.1, 0.15) is 10.7 Å². The maximum Gasteiger partial charge on any atom is 0.233 e. The summed E-state index contributed by atoms with van der Waals surface area (Å²) in [5.74, 6) is 1.20. The smallest absolute Gasteiger partial charge is 0.233 e. The van der Waals surface area contributed by atoms with Crippen LogP contribution in [0.15, 0.2) is 58.9 Å². The van der Waals surface area contributed by atoms with Gasteiger partial charge in [-0.3, -0.25) is 4.79 Å². The van der Waals surface area contributed by atoms with Crippen LogP contribution in [-0.4, -0.2) is 33.6 Å². The molecule has 4 nitrogen and oxygen atoms in total. The Balaban J connectivity index is 1.53. The van der Waals surface area contributed by atoms with Crippen LogP contribution >= 0.6 is 34.4 Å². The van der Waals surface area contributed by atoms with E-state index in [0.717, 1.165) is 21.1 Å². The maximum absolute atomic E-state index is 12.6. The van der Waals surface area contributed by atoms with Gasteiger partial charge in [-0.2, -0.15) is 0 Å². The summed E-state index contributed by atoms with van der Waals surface area (Å²) < 4.78 is 0. The number of rotatable bonds is 6. The number of aromatic nitrogens is 2. The molecule has 0 N–H and O–H groups in total. The number of hydrogen-bond acceptors (Lipinski definition) is 6. The Morgan fingerprint density at radius 2 is 1.96 bits per heavy atom. The number of amides is 1. The van der Waals surface area contributed by atoms with E-state index in [0.29, 0.717) is 12.3 Å². The van der Waals surface area contributed by atoms with Gasteiger partial charge < -0.3 is 4.90 Å². The van der Waals surface area contributed by atoms with Gasteiger partial charge in [0.1, 0.15) is 15.7 Å². The highest BCUT2D eigenvalue weighted by Crippen LogP contribution is 2.36. The zero-order valence-electron chi connectivity index (χ0n) is 15.6. The molecule has 0 spiro atoms. The van der Waals surface area contributed by atoms with Gasteiger partial charge in [-0.15, -0.1) is 22.7 Å². The van der Waals surface area contributed by atoms with E-state index in [9.17, 15) is 4.79 Å². The number of thioether (sulfide) groups is 1. The van der Waals surface area contributed by atoms with Crippen LogP contribution < -0.4 is 0 Å². The molecule has 0 fully saturated rings. The highest BCUT2D eigenvalue weighted by atomic mass is 32.2. The summed E-state index contributed by atoms with van der Waals surface area (Å²) in [5, 5.41) is 3.93. The lowest BCUT2D eigenvalue weighted by atomic mass is 10.2.